The van der Waals surface area contributed by atoms with Crippen molar-refractivity contribution in [3.8, 4) is 0 Å². The molecule has 122 valence electrons. The average molecular weight is 375 g/mol. The van der Waals surface area contributed by atoms with Crippen LogP contribution in [0.2, 0.25) is 0 Å². The Bertz CT molecular complexity index is 596. The SMILES string of the molecule is O=C(O)C(C=Cc1ccc(Br)cc1)C12CC3CC(CC(C3)C1)C2. The average Bonchev–Trinajstić information content (AvgIpc) is 2.47. The van der Waals surface area contributed by atoms with E-state index in [1.165, 1.54) is 19.3 Å². The van der Waals surface area contributed by atoms with Crippen LogP contribution in [0, 0.1) is 29.1 Å². The minimum absolute atomic E-state index is 0.0203. The van der Waals surface area contributed by atoms with Gasteiger partial charge in [0.25, 0.3) is 0 Å². The molecule has 2 nitrogen and oxygen atoms in total. The Labute approximate surface area is 146 Å². The molecule has 0 amide bonds. The van der Waals surface area contributed by atoms with E-state index in [0.717, 1.165) is 47.1 Å². The molecule has 0 heterocycles. The number of hydrogen-bond donors (Lipinski definition) is 1. The maximum atomic E-state index is 12.0. The van der Waals surface area contributed by atoms with Crippen molar-refractivity contribution in [2.24, 2.45) is 29.1 Å². The molecule has 0 aliphatic heterocycles. The predicted octanol–water partition coefficient (Wildman–Crippen LogP) is 5.38. The maximum Gasteiger partial charge on any atom is 0.310 e. The van der Waals surface area contributed by atoms with Gasteiger partial charge in [0.05, 0.1) is 5.92 Å². The van der Waals surface area contributed by atoms with Gasteiger partial charge in [-0.1, -0.05) is 40.2 Å². The Hall–Kier alpha value is -1.09. The number of hydrogen-bond acceptors (Lipinski definition) is 1. The smallest absolute Gasteiger partial charge is 0.310 e. The standard InChI is InChI=1S/C20H23BrO2/c21-17-4-1-13(2-5-17)3-6-18(19(22)23)20-10-14-7-15(11-20)9-16(8-14)12-20/h1-6,14-16,18H,7-12H2,(H,22,23). The Kier molecular flexibility index (Phi) is 3.87. The van der Waals surface area contributed by atoms with Crippen LogP contribution in [0.5, 0.6) is 0 Å². The number of aliphatic carboxylic acids is 1. The molecule has 3 heteroatoms. The van der Waals surface area contributed by atoms with Crippen molar-refractivity contribution in [2.45, 2.75) is 38.5 Å². The van der Waals surface area contributed by atoms with Crippen molar-refractivity contribution < 1.29 is 9.90 Å². The molecule has 1 aromatic carbocycles. The van der Waals surface area contributed by atoms with Crippen LogP contribution in [0.1, 0.15) is 44.1 Å². The van der Waals surface area contributed by atoms with Gasteiger partial charge in [-0.3, -0.25) is 4.79 Å². The highest BCUT2D eigenvalue weighted by Gasteiger charge is 2.55. The van der Waals surface area contributed by atoms with Crippen LogP contribution in [0.4, 0.5) is 0 Å². The number of carboxylic acids is 1. The highest BCUT2D eigenvalue weighted by Crippen LogP contribution is 2.63. The van der Waals surface area contributed by atoms with Gasteiger partial charge in [-0.15, -0.1) is 0 Å². The molecule has 4 aliphatic rings. The second kappa shape index (κ2) is 5.77. The molecule has 0 radical (unpaired) electrons. The summed E-state index contributed by atoms with van der Waals surface area (Å²) in [5.74, 6) is 1.37. The lowest BCUT2D eigenvalue weighted by atomic mass is 9.46. The largest absolute Gasteiger partial charge is 0.481 e. The summed E-state index contributed by atoms with van der Waals surface area (Å²) in [5.41, 5.74) is 1.09. The third kappa shape index (κ3) is 2.88. The van der Waals surface area contributed by atoms with E-state index in [9.17, 15) is 9.90 Å². The van der Waals surface area contributed by atoms with Crippen LogP contribution < -0.4 is 0 Å². The number of carbonyl (C=O) groups is 1. The van der Waals surface area contributed by atoms with E-state index in [1.807, 2.05) is 36.4 Å². The molecule has 4 saturated carbocycles. The van der Waals surface area contributed by atoms with Crippen LogP contribution in [0.3, 0.4) is 0 Å². The van der Waals surface area contributed by atoms with Crippen LogP contribution in [0.15, 0.2) is 34.8 Å². The van der Waals surface area contributed by atoms with E-state index < -0.39 is 5.97 Å². The highest BCUT2D eigenvalue weighted by molar-refractivity contribution is 9.10. The summed E-state index contributed by atoms with van der Waals surface area (Å²) in [7, 11) is 0. The number of halogens is 1. The third-order valence-corrected chi connectivity index (χ3v) is 6.89. The molecular weight excluding hydrogens is 352 g/mol. The Morgan fingerprint density at radius 1 is 1.09 bits per heavy atom. The Balaban J connectivity index is 1.61. The zero-order chi connectivity index (χ0) is 16.0. The summed E-state index contributed by atoms with van der Waals surface area (Å²) in [6.45, 7) is 0. The first-order valence-electron chi connectivity index (χ1n) is 8.71. The van der Waals surface area contributed by atoms with Gasteiger partial charge in [-0.05, 0) is 79.4 Å². The molecule has 0 aromatic heterocycles. The molecule has 5 rings (SSSR count). The summed E-state index contributed by atoms with van der Waals surface area (Å²) in [6.07, 6.45) is 11.4. The summed E-state index contributed by atoms with van der Waals surface area (Å²) >= 11 is 3.44. The van der Waals surface area contributed by atoms with E-state index in [0.29, 0.717) is 0 Å². The summed E-state index contributed by atoms with van der Waals surface area (Å²) in [5, 5.41) is 9.90. The van der Waals surface area contributed by atoms with Crippen LogP contribution in [0.25, 0.3) is 6.08 Å². The fraction of sp³-hybridized carbons (Fsp3) is 0.550. The summed E-state index contributed by atoms with van der Waals surface area (Å²) < 4.78 is 1.05. The fourth-order valence-electron chi connectivity index (χ4n) is 5.89. The molecule has 1 N–H and O–H groups in total. The lowest BCUT2D eigenvalue weighted by Gasteiger charge is -2.58. The Morgan fingerprint density at radius 2 is 1.61 bits per heavy atom. The predicted molar refractivity (Wildman–Crippen MR) is 94.9 cm³/mol. The van der Waals surface area contributed by atoms with E-state index >= 15 is 0 Å². The van der Waals surface area contributed by atoms with Crippen LogP contribution >= 0.6 is 15.9 Å². The third-order valence-electron chi connectivity index (χ3n) is 6.36. The second-order valence-electron chi connectivity index (χ2n) is 8.01. The first-order valence-corrected chi connectivity index (χ1v) is 9.50. The number of rotatable bonds is 4. The van der Waals surface area contributed by atoms with Gasteiger partial charge in [0.1, 0.15) is 0 Å². The van der Waals surface area contributed by atoms with E-state index in [4.69, 9.17) is 0 Å². The monoisotopic (exact) mass is 374 g/mol. The lowest BCUT2D eigenvalue weighted by molar-refractivity contribution is -0.153. The second-order valence-corrected chi connectivity index (χ2v) is 8.92. The molecule has 0 saturated heterocycles. The zero-order valence-electron chi connectivity index (χ0n) is 13.2. The van der Waals surface area contributed by atoms with Gasteiger partial charge >= 0.3 is 5.97 Å². The van der Waals surface area contributed by atoms with Gasteiger partial charge in [-0.25, -0.2) is 0 Å². The van der Waals surface area contributed by atoms with Gasteiger partial charge in [0, 0.05) is 4.47 Å². The molecule has 4 fully saturated rings. The Morgan fingerprint density at radius 3 is 2.09 bits per heavy atom. The fourth-order valence-corrected chi connectivity index (χ4v) is 6.15. The number of carboxylic acid groups (broad SMARTS) is 1. The molecule has 23 heavy (non-hydrogen) atoms. The molecule has 1 atom stereocenters. The van der Waals surface area contributed by atoms with Crippen molar-refractivity contribution in [1.82, 2.24) is 0 Å². The summed E-state index contributed by atoms with van der Waals surface area (Å²) in [6, 6.07) is 8.05. The van der Waals surface area contributed by atoms with Gasteiger partial charge in [-0.2, -0.15) is 0 Å². The highest BCUT2D eigenvalue weighted by atomic mass is 79.9. The zero-order valence-corrected chi connectivity index (χ0v) is 14.8. The maximum absolute atomic E-state index is 12.0. The minimum atomic E-state index is -0.639. The van der Waals surface area contributed by atoms with E-state index in [2.05, 4.69) is 15.9 Å². The molecular formula is C20H23BrO2. The van der Waals surface area contributed by atoms with Crippen molar-refractivity contribution in [1.29, 1.82) is 0 Å². The molecule has 1 unspecified atom stereocenters. The topological polar surface area (TPSA) is 37.3 Å². The normalized spacial score (nSPS) is 36.5. The quantitative estimate of drug-likeness (QED) is 0.767. The van der Waals surface area contributed by atoms with Crippen molar-refractivity contribution >= 4 is 28.0 Å². The summed E-state index contributed by atoms with van der Waals surface area (Å²) in [4.78, 5) is 12.0. The van der Waals surface area contributed by atoms with Gasteiger partial charge < -0.3 is 5.11 Å². The van der Waals surface area contributed by atoms with Crippen molar-refractivity contribution in [2.75, 3.05) is 0 Å². The number of benzene rings is 1. The van der Waals surface area contributed by atoms with Crippen molar-refractivity contribution in [3.05, 3.63) is 40.4 Å². The van der Waals surface area contributed by atoms with Crippen molar-refractivity contribution in [3.63, 3.8) is 0 Å². The van der Waals surface area contributed by atoms with E-state index in [1.54, 1.807) is 0 Å². The molecule has 0 spiro atoms. The lowest BCUT2D eigenvalue weighted by Crippen LogP contribution is -2.50. The molecule has 4 bridgehead atoms. The first-order chi connectivity index (χ1) is 11.0. The van der Waals surface area contributed by atoms with Crippen LogP contribution in [-0.2, 0) is 4.79 Å². The minimum Gasteiger partial charge on any atom is -0.481 e. The molecule has 1 aromatic rings. The van der Waals surface area contributed by atoms with E-state index in [-0.39, 0.29) is 11.3 Å². The van der Waals surface area contributed by atoms with Gasteiger partial charge in [0.2, 0.25) is 0 Å². The first kappa shape index (κ1) is 15.4. The van der Waals surface area contributed by atoms with Crippen LogP contribution in [-0.4, -0.2) is 11.1 Å². The van der Waals surface area contributed by atoms with Gasteiger partial charge in [0.15, 0.2) is 0 Å². The molecule has 4 aliphatic carbocycles.